The summed E-state index contributed by atoms with van der Waals surface area (Å²) in [6.07, 6.45) is -0.566. The van der Waals surface area contributed by atoms with Crippen LogP contribution in [0.15, 0.2) is 48.5 Å². The summed E-state index contributed by atoms with van der Waals surface area (Å²) in [7, 11) is 0. The Morgan fingerprint density at radius 2 is 1.70 bits per heavy atom. The monoisotopic (exact) mass is 266 g/mol. The van der Waals surface area contributed by atoms with E-state index in [2.05, 4.69) is 0 Å². The van der Waals surface area contributed by atoms with E-state index in [1.54, 1.807) is 25.1 Å². The molecule has 2 N–H and O–H groups in total. The Balaban J connectivity index is 2.47. The fraction of sp³-hybridized carbons (Fsp3) is 0.118. The number of aromatic carboxylic acids is 1. The van der Waals surface area contributed by atoms with Gasteiger partial charge in [-0.15, -0.1) is 0 Å². The Bertz CT molecular complexity index is 819. The summed E-state index contributed by atoms with van der Waals surface area (Å²) < 4.78 is 0. The van der Waals surface area contributed by atoms with E-state index in [4.69, 9.17) is 5.11 Å². The van der Waals surface area contributed by atoms with Gasteiger partial charge >= 0.3 is 5.97 Å². The predicted molar refractivity (Wildman–Crippen MR) is 79.0 cm³/mol. The number of carboxylic acids is 1. The molecule has 3 nitrogen and oxygen atoms in total. The lowest BCUT2D eigenvalue weighted by Gasteiger charge is -2.13. The van der Waals surface area contributed by atoms with E-state index in [1.165, 1.54) is 0 Å². The maximum atomic E-state index is 11.1. The first-order valence-corrected chi connectivity index (χ1v) is 6.44. The van der Waals surface area contributed by atoms with Gasteiger partial charge < -0.3 is 10.2 Å². The number of hydrogen-bond acceptors (Lipinski definition) is 2. The Labute approximate surface area is 116 Å². The highest BCUT2D eigenvalue weighted by molar-refractivity contribution is 6.10. The van der Waals surface area contributed by atoms with E-state index in [0.29, 0.717) is 0 Å². The molecular formula is C17H14O3. The smallest absolute Gasteiger partial charge is 0.335 e. The summed E-state index contributed by atoms with van der Waals surface area (Å²) >= 11 is 0. The molecule has 0 fully saturated rings. The summed E-state index contributed by atoms with van der Waals surface area (Å²) in [6.45, 7) is 1.74. The summed E-state index contributed by atoms with van der Waals surface area (Å²) in [5, 5.41) is 22.8. The Morgan fingerprint density at radius 3 is 2.35 bits per heavy atom. The lowest BCUT2D eigenvalue weighted by Crippen LogP contribution is -1.97. The van der Waals surface area contributed by atoms with Crippen LogP contribution >= 0.6 is 0 Å². The number of carboxylic acid groups (broad SMARTS) is 1. The summed E-state index contributed by atoms with van der Waals surface area (Å²) in [5.74, 6) is -0.935. The van der Waals surface area contributed by atoms with Crippen molar-refractivity contribution in [2.75, 3.05) is 0 Å². The average Bonchev–Trinajstić information content (AvgIpc) is 2.45. The molecule has 1 unspecified atom stereocenters. The predicted octanol–water partition coefficient (Wildman–Crippen LogP) is 3.74. The Hall–Kier alpha value is -2.39. The van der Waals surface area contributed by atoms with Gasteiger partial charge in [0.05, 0.1) is 11.7 Å². The zero-order chi connectivity index (χ0) is 14.3. The van der Waals surface area contributed by atoms with Crippen molar-refractivity contribution in [3.63, 3.8) is 0 Å². The molecule has 20 heavy (non-hydrogen) atoms. The van der Waals surface area contributed by atoms with E-state index < -0.39 is 12.1 Å². The SMILES string of the molecule is CC(O)c1cc2ccc(C(=O)O)cc2c2ccccc12. The molecule has 0 saturated carbocycles. The van der Waals surface area contributed by atoms with Crippen LogP contribution in [0.5, 0.6) is 0 Å². The first-order valence-electron chi connectivity index (χ1n) is 6.44. The number of carbonyl (C=O) groups is 1. The van der Waals surface area contributed by atoms with Gasteiger partial charge in [0.1, 0.15) is 0 Å². The molecule has 0 aliphatic carbocycles. The molecule has 3 rings (SSSR count). The second-order valence-electron chi connectivity index (χ2n) is 4.93. The first kappa shape index (κ1) is 12.6. The average molecular weight is 266 g/mol. The Morgan fingerprint density at radius 1 is 1.00 bits per heavy atom. The van der Waals surface area contributed by atoms with Crippen LogP contribution in [0.4, 0.5) is 0 Å². The second-order valence-corrected chi connectivity index (χ2v) is 4.93. The summed E-state index contributed by atoms with van der Waals surface area (Å²) in [5.41, 5.74) is 1.13. The number of rotatable bonds is 2. The van der Waals surface area contributed by atoms with Crippen molar-refractivity contribution in [1.82, 2.24) is 0 Å². The number of aliphatic hydroxyl groups is 1. The highest BCUT2D eigenvalue weighted by atomic mass is 16.4. The van der Waals surface area contributed by atoms with Crippen LogP contribution in [0.2, 0.25) is 0 Å². The van der Waals surface area contributed by atoms with Gasteiger partial charge in [-0.2, -0.15) is 0 Å². The van der Waals surface area contributed by atoms with Crippen LogP contribution in [-0.4, -0.2) is 16.2 Å². The first-order chi connectivity index (χ1) is 9.58. The van der Waals surface area contributed by atoms with E-state index in [9.17, 15) is 9.90 Å². The molecule has 0 aliphatic heterocycles. The van der Waals surface area contributed by atoms with Crippen LogP contribution in [0.3, 0.4) is 0 Å². The van der Waals surface area contributed by atoms with Gasteiger partial charge in [-0.1, -0.05) is 30.3 Å². The van der Waals surface area contributed by atoms with Crippen LogP contribution in [-0.2, 0) is 0 Å². The molecule has 0 radical (unpaired) electrons. The third-order valence-corrected chi connectivity index (χ3v) is 3.59. The van der Waals surface area contributed by atoms with E-state index in [1.807, 2.05) is 30.3 Å². The minimum atomic E-state index is -0.935. The number of fused-ring (bicyclic) bond motifs is 3. The zero-order valence-corrected chi connectivity index (χ0v) is 11.0. The molecule has 1 atom stereocenters. The largest absolute Gasteiger partial charge is 0.478 e. The highest BCUT2D eigenvalue weighted by Crippen LogP contribution is 2.32. The third-order valence-electron chi connectivity index (χ3n) is 3.59. The summed E-state index contributed by atoms with van der Waals surface area (Å²) in [6, 6.07) is 14.7. The lowest BCUT2D eigenvalue weighted by atomic mass is 9.94. The van der Waals surface area contributed by atoms with E-state index in [0.717, 1.165) is 27.1 Å². The topological polar surface area (TPSA) is 57.5 Å². The van der Waals surface area contributed by atoms with Crippen LogP contribution in [0.25, 0.3) is 21.5 Å². The fourth-order valence-corrected chi connectivity index (χ4v) is 2.61. The zero-order valence-electron chi connectivity index (χ0n) is 11.0. The van der Waals surface area contributed by atoms with Crippen LogP contribution in [0.1, 0.15) is 28.9 Å². The molecule has 100 valence electrons. The Kier molecular flexibility index (Phi) is 2.92. The highest BCUT2D eigenvalue weighted by Gasteiger charge is 2.11. The van der Waals surface area contributed by atoms with Gasteiger partial charge in [0.25, 0.3) is 0 Å². The molecule has 0 amide bonds. The van der Waals surface area contributed by atoms with Gasteiger partial charge in [-0.25, -0.2) is 4.79 Å². The van der Waals surface area contributed by atoms with Crippen molar-refractivity contribution in [2.24, 2.45) is 0 Å². The van der Waals surface area contributed by atoms with Gasteiger partial charge in [-0.3, -0.25) is 0 Å². The molecule has 0 saturated heterocycles. The van der Waals surface area contributed by atoms with Crippen molar-refractivity contribution in [3.05, 3.63) is 59.7 Å². The van der Waals surface area contributed by atoms with Crippen molar-refractivity contribution < 1.29 is 15.0 Å². The molecule has 0 aromatic heterocycles. The van der Waals surface area contributed by atoms with Crippen molar-refractivity contribution in [1.29, 1.82) is 0 Å². The maximum absolute atomic E-state index is 11.1. The molecule has 3 heteroatoms. The molecule has 0 aliphatic rings. The summed E-state index contributed by atoms with van der Waals surface area (Å²) in [4.78, 5) is 11.1. The van der Waals surface area contributed by atoms with Crippen molar-refractivity contribution in [2.45, 2.75) is 13.0 Å². The molecule has 3 aromatic carbocycles. The second kappa shape index (κ2) is 4.62. The number of aliphatic hydroxyl groups excluding tert-OH is 1. The quantitative estimate of drug-likeness (QED) is 0.694. The van der Waals surface area contributed by atoms with Gasteiger partial charge in [0.2, 0.25) is 0 Å². The van der Waals surface area contributed by atoms with Crippen LogP contribution < -0.4 is 0 Å². The fourth-order valence-electron chi connectivity index (χ4n) is 2.61. The third kappa shape index (κ3) is 1.92. The van der Waals surface area contributed by atoms with Gasteiger partial charge in [0.15, 0.2) is 0 Å². The molecule has 3 aromatic rings. The molecule has 0 heterocycles. The standard InChI is InChI=1S/C17H14O3/c1-10(18)15-8-11-6-7-12(17(19)20)9-16(11)14-5-3-2-4-13(14)15/h2-10,18H,1H3,(H,19,20). The minimum Gasteiger partial charge on any atom is -0.478 e. The molecule has 0 spiro atoms. The normalized spacial score (nSPS) is 12.7. The molecular weight excluding hydrogens is 252 g/mol. The van der Waals surface area contributed by atoms with E-state index >= 15 is 0 Å². The van der Waals surface area contributed by atoms with Crippen LogP contribution in [0, 0.1) is 0 Å². The minimum absolute atomic E-state index is 0.271. The lowest BCUT2D eigenvalue weighted by molar-refractivity contribution is 0.0697. The van der Waals surface area contributed by atoms with Crippen molar-refractivity contribution in [3.8, 4) is 0 Å². The molecule has 0 bridgehead atoms. The number of benzene rings is 3. The van der Waals surface area contributed by atoms with Gasteiger partial charge in [0, 0.05) is 0 Å². The number of hydrogen-bond donors (Lipinski definition) is 2. The maximum Gasteiger partial charge on any atom is 0.335 e. The van der Waals surface area contributed by atoms with Crippen molar-refractivity contribution >= 4 is 27.5 Å². The van der Waals surface area contributed by atoms with Gasteiger partial charge in [-0.05, 0) is 52.2 Å². The van der Waals surface area contributed by atoms with E-state index in [-0.39, 0.29) is 5.56 Å².